The first kappa shape index (κ1) is 19.7. The molecule has 0 saturated carbocycles. The van der Waals surface area contributed by atoms with Crippen LogP contribution in [-0.2, 0) is 18.6 Å². The van der Waals surface area contributed by atoms with Crippen LogP contribution < -0.4 is 5.32 Å². The molecule has 2 amide bonds. The molecule has 5 heterocycles. The largest absolute Gasteiger partial charge is 0.346 e. The molecular weight excluding hydrogens is 416 g/mol. The maximum atomic E-state index is 13.3. The number of H-pyrrole nitrogens is 1. The van der Waals surface area contributed by atoms with E-state index in [4.69, 9.17) is 0 Å². The molecule has 166 valence electrons. The summed E-state index contributed by atoms with van der Waals surface area (Å²) < 4.78 is 2.11. The monoisotopic (exact) mass is 440 g/mol. The third kappa shape index (κ3) is 3.05. The van der Waals surface area contributed by atoms with Crippen molar-refractivity contribution in [1.82, 2.24) is 29.7 Å². The second-order valence-electron chi connectivity index (χ2n) is 9.38. The Hall–Kier alpha value is -3.94. The molecule has 33 heavy (non-hydrogen) atoms. The molecule has 0 aliphatic carbocycles. The highest BCUT2D eigenvalue weighted by Gasteiger charge is 2.35. The number of aromatic amines is 1. The van der Waals surface area contributed by atoms with Gasteiger partial charge < -0.3 is 19.8 Å². The van der Waals surface area contributed by atoms with E-state index in [1.54, 1.807) is 6.20 Å². The Morgan fingerprint density at radius 2 is 2.00 bits per heavy atom. The van der Waals surface area contributed by atoms with Crippen LogP contribution in [0.1, 0.15) is 51.6 Å². The van der Waals surface area contributed by atoms with Gasteiger partial charge in [0.05, 0.1) is 23.3 Å². The molecule has 0 atom stereocenters. The van der Waals surface area contributed by atoms with Crippen molar-refractivity contribution in [2.45, 2.75) is 39.4 Å². The molecule has 0 fully saturated rings. The van der Waals surface area contributed by atoms with Crippen molar-refractivity contribution >= 4 is 22.8 Å². The Kier molecular flexibility index (Phi) is 4.05. The van der Waals surface area contributed by atoms with Crippen LogP contribution in [0.25, 0.3) is 22.2 Å². The molecule has 0 bridgehead atoms. The second-order valence-corrected chi connectivity index (χ2v) is 9.38. The third-order valence-corrected chi connectivity index (χ3v) is 6.66. The average Bonchev–Trinajstić information content (AvgIpc) is 3.44. The number of nitrogens with one attached hydrogen (secondary N) is 2. The molecular formula is C25H24N6O2. The fraction of sp³-hybridized carbons (Fsp3) is 0.280. The Morgan fingerprint density at radius 1 is 1.15 bits per heavy atom. The smallest absolute Gasteiger partial charge is 0.255 e. The van der Waals surface area contributed by atoms with Crippen LogP contribution in [0.3, 0.4) is 0 Å². The van der Waals surface area contributed by atoms with Gasteiger partial charge in [-0.1, -0.05) is 6.07 Å². The standard InChI is InChI=1S/C25H24N6O2/c1-14-12-30-6-7-31(13-21(30)28-14)24(33)16-8-18-19(11-27-22(18)26-10-16)15-4-5-17-20(9-15)25(2,3)29-23(17)32/h4-5,8-12H,6-7,13H2,1-3H3,(H,26,27)(H,29,32). The van der Waals surface area contributed by atoms with Gasteiger partial charge in [-0.05, 0) is 50.1 Å². The minimum Gasteiger partial charge on any atom is -0.346 e. The lowest BCUT2D eigenvalue weighted by Crippen LogP contribution is -2.38. The maximum Gasteiger partial charge on any atom is 0.255 e. The fourth-order valence-corrected chi connectivity index (χ4v) is 4.96. The number of aromatic nitrogens is 4. The molecule has 0 saturated heterocycles. The minimum atomic E-state index is -0.424. The molecule has 3 aromatic heterocycles. The van der Waals surface area contributed by atoms with Gasteiger partial charge >= 0.3 is 0 Å². The molecule has 8 heteroatoms. The summed E-state index contributed by atoms with van der Waals surface area (Å²) in [6.45, 7) is 7.84. The predicted octanol–water partition coefficient (Wildman–Crippen LogP) is 3.37. The average molecular weight is 441 g/mol. The van der Waals surface area contributed by atoms with Gasteiger partial charge in [0.15, 0.2) is 0 Å². The minimum absolute atomic E-state index is 0.0478. The van der Waals surface area contributed by atoms with Crippen molar-refractivity contribution < 1.29 is 9.59 Å². The van der Waals surface area contributed by atoms with Gasteiger partial charge in [-0.3, -0.25) is 9.59 Å². The summed E-state index contributed by atoms with van der Waals surface area (Å²) in [6.07, 6.45) is 5.56. The first-order valence-corrected chi connectivity index (χ1v) is 11.1. The number of aryl methyl sites for hydroxylation is 1. The van der Waals surface area contributed by atoms with E-state index < -0.39 is 5.54 Å². The van der Waals surface area contributed by atoms with E-state index >= 15 is 0 Å². The zero-order valence-electron chi connectivity index (χ0n) is 18.8. The Morgan fingerprint density at radius 3 is 2.85 bits per heavy atom. The topological polar surface area (TPSA) is 95.9 Å². The molecule has 0 radical (unpaired) electrons. The van der Waals surface area contributed by atoms with Gasteiger partial charge in [-0.15, -0.1) is 0 Å². The quantitative estimate of drug-likeness (QED) is 0.500. The van der Waals surface area contributed by atoms with Crippen molar-refractivity contribution in [3.63, 3.8) is 0 Å². The van der Waals surface area contributed by atoms with Gasteiger partial charge in [0.1, 0.15) is 11.5 Å². The highest BCUT2D eigenvalue weighted by molar-refractivity contribution is 6.03. The molecule has 8 nitrogen and oxygen atoms in total. The highest BCUT2D eigenvalue weighted by atomic mass is 16.2. The Labute approximate surface area is 190 Å². The van der Waals surface area contributed by atoms with Gasteiger partial charge in [-0.2, -0.15) is 0 Å². The molecule has 4 aromatic rings. The molecule has 2 aliphatic rings. The number of hydrogen-bond donors (Lipinski definition) is 2. The van der Waals surface area contributed by atoms with E-state index in [0.717, 1.165) is 45.8 Å². The summed E-state index contributed by atoms with van der Waals surface area (Å²) in [5.74, 6) is 0.813. The van der Waals surface area contributed by atoms with E-state index in [2.05, 4.69) is 30.9 Å². The number of carbonyl (C=O) groups excluding carboxylic acids is 2. The van der Waals surface area contributed by atoms with E-state index in [0.29, 0.717) is 24.2 Å². The van der Waals surface area contributed by atoms with Crippen molar-refractivity contribution in [3.8, 4) is 11.1 Å². The number of nitrogens with zero attached hydrogens (tertiary/aromatic N) is 4. The number of pyridine rings is 1. The van der Waals surface area contributed by atoms with E-state index in [1.165, 1.54) is 0 Å². The summed E-state index contributed by atoms with van der Waals surface area (Å²) in [4.78, 5) is 39.7. The molecule has 2 N–H and O–H groups in total. The summed E-state index contributed by atoms with van der Waals surface area (Å²) in [7, 11) is 0. The summed E-state index contributed by atoms with van der Waals surface area (Å²) >= 11 is 0. The zero-order valence-corrected chi connectivity index (χ0v) is 18.8. The van der Waals surface area contributed by atoms with Crippen LogP contribution in [0, 0.1) is 6.92 Å². The van der Waals surface area contributed by atoms with Gasteiger partial charge in [0, 0.05) is 48.2 Å². The lowest BCUT2D eigenvalue weighted by molar-refractivity contribution is 0.0707. The normalized spacial score (nSPS) is 16.6. The summed E-state index contributed by atoms with van der Waals surface area (Å²) in [5.41, 5.74) is 5.43. The van der Waals surface area contributed by atoms with E-state index in [-0.39, 0.29) is 11.8 Å². The summed E-state index contributed by atoms with van der Waals surface area (Å²) in [5, 5.41) is 3.90. The van der Waals surface area contributed by atoms with Gasteiger partial charge in [0.25, 0.3) is 11.8 Å². The number of hydrogen-bond acceptors (Lipinski definition) is 4. The SMILES string of the molecule is Cc1cn2c(n1)CN(C(=O)c1cnc3[nH]cc(-c4ccc5c(c4)C(C)(C)NC5=O)c3c1)CC2. The molecule has 6 rings (SSSR count). The van der Waals surface area contributed by atoms with Crippen LogP contribution in [0.2, 0.25) is 0 Å². The Bertz CT molecular complexity index is 1460. The second kappa shape index (κ2) is 6.78. The molecule has 2 aliphatic heterocycles. The summed E-state index contributed by atoms with van der Waals surface area (Å²) in [6, 6.07) is 7.78. The predicted molar refractivity (Wildman–Crippen MR) is 124 cm³/mol. The Balaban J connectivity index is 1.36. The number of fused-ring (bicyclic) bond motifs is 3. The first-order valence-electron chi connectivity index (χ1n) is 11.1. The molecule has 0 spiro atoms. The maximum absolute atomic E-state index is 13.3. The van der Waals surface area contributed by atoms with Crippen molar-refractivity contribution in [3.05, 3.63) is 71.1 Å². The fourth-order valence-electron chi connectivity index (χ4n) is 4.96. The molecule has 0 unspecified atom stereocenters. The first-order chi connectivity index (χ1) is 15.8. The highest BCUT2D eigenvalue weighted by Crippen LogP contribution is 2.36. The van der Waals surface area contributed by atoms with E-state index in [9.17, 15) is 9.59 Å². The van der Waals surface area contributed by atoms with E-state index in [1.807, 2.05) is 56.3 Å². The van der Waals surface area contributed by atoms with Crippen molar-refractivity contribution in [2.24, 2.45) is 0 Å². The number of rotatable bonds is 2. The third-order valence-electron chi connectivity index (χ3n) is 6.66. The van der Waals surface area contributed by atoms with Crippen LogP contribution in [0.15, 0.2) is 42.9 Å². The zero-order chi connectivity index (χ0) is 22.9. The van der Waals surface area contributed by atoms with Crippen molar-refractivity contribution in [1.29, 1.82) is 0 Å². The van der Waals surface area contributed by atoms with Gasteiger partial charge in [-0.25, -0.2) is 9.97 Å². The number of benzene rings is 1. The van der Waals surface area contributed by atoms with Gasteiger partial charge in [0.2, 0.25) is 0 Å². The van der Waals surface area contributed by atoms with Crippen LogP contribution >= 0.6 is 0 Å². The number of amides is 2. The van der Waals surface area contributed by atoms with Crippen LogP contribution in [0.5, 0.6) is 0 Å². The lowest BCUT2D eigenvalue weighted by atomic mass is 9.91. The lowest BCUT2D eigenvalue weighted by Gasteiger charge is -2.27. The molecule has 1 aromatic carbocycles. The van der Waals surface area contributed by atoms with Crippen LogP contribution in [0.4, 0.5) is 0 Å². The van der Waals surface area contributed by atoms with Crippen molar-refractivity contribution in [2.75, 3.05) is 6.54 Å². The number of carbonyl (C=O) groups is 2. The van der Waals surface area contributed by atoms with Crippen LogP contribution in [-0.4, -0.2) is 42.8 Å². The number of imidazole rings is 1.